The van der Waals surface area contributed by atoms with Crippen LogP contribution < -0.4 is 5.73 Å². The maximum absolute atomic E-state index is 10.9. The second-order valence-electron chi connectivity index (χ2n) is 2.89. The Morgan fingerprint density at radius 3 is 2.81 bits per heavy atom. The van der Waals surface area contributed by atoms with Crippen molar-refractivity contribution in [1.29, 1.82) is 5.26 Å². The van der Waals surface area contributed by atoms with Crippen LogP contribution in [0.15, 0.2) is 23.2 Å². The summed E-state index contributed by atoms with van der Waals surface area (Å²) >= 11 is 5.44. The number of amidine groups is 1. The van der Waals surface area contributed by atoms with Crippen LogP contribution in [0.25, 0.3) is 0 Å². The molecule has 6 heteroatoms. The smallest absolute Gasteiger partial charge is 0.337 e. The zero-order valence-corrected chi connectivity index (χ0v) is 8.90. The van der Waals surface area contributed by atoms with E-state index in [1.807, 2.05) is 6.07 Å². The first-order valence-corrected chi connectivity index (χ1v) is 4.78. The third kappa shape index (κ3) is 2.72. The number of carboxylic acids is 1. The van der Waals surface area contributed by atoms with Crippen LogP contribution >= 0.6 is 11.6 Å². The molecule has 3 N–H and O–H groups in total. The predicted molar refractivity (Wildman–Crippen MR) is 60.1 cm³/mol. The number of carboxylic acid groups (broad SMARTS) is 1. The molecule has 0 saturated heterocycles. The van der Waals surface area contributed by atoms with Gasteiger partial charge >= 0.3 is 5.97 Å². The second kappa shape index (κ2) is 5.14. The number of benzene rings is 1. The van der Waals surface area contributed by atoms with Gasteiger partial charge in [-0.15, -0.1) is 11.6 Å². The van der Waals surface area contributed by atoms with Crippen LogP contribution in [-0.4, -0.2) is 22.8 Å². The van der Waals surface area contributed by atoms with E-state index in [0.717, 1.165) is 0 Å². The number of hydrogen-bond acceptors (Lipinski definition) is 3. The topological polar surface area (TPSA) is 99.5 Å². The van der Waals surface area contributed by atoms with E-state index in [0.29, 0.717) is 0 Å². The highest BCUT2D eigenvalue weighted by Crippen LogP contribution is 2.20. The number of carbonyl (C=O) groups is 1. The Morgan fingerprint density at radius 2 is 2.31 bits per heavy atom. The van der Waals surface area contributed by atoms with Crippen LogP contribution in [0, 0.1) is 11.3 Å². The van der Waals surface area contributed by atoms with E-state index < -0.39 is 5.97 Å². The molecule has 0 aliphatic heterocycles. The number of aliphatic imine (C=N–C) groups is 1. The van der Waals surface area contributed by atoms with Crippen LogP contribution in [0.1, 0.15) is 15.9 Å². The highest BCUT2D eigenvalue weighted by Gasteiger charge is 2.10. The number of nitrogens with two attached hydrogens (primary N) is 1. The Balaban J connectivity index is 3.30. The summed E-state index contributed by atoms with van der Waals surface area (Å²) in [5.74, 6) is -1.04. The summed E-state index contributed by atoms with van der Waals surface area (Å²) in [7, 11) is 0. The van der Waals surface area contributed by atoms with Crippen LogP contribution in [0.5, 0.6) is 0 Å². The minimum Gasteiger partial charge on any atom is -0.478 e. The molecule has 0 amide bonds. The van der Waals surface area contributed by atoms with Gasteiger partial charge in [-0.1, -0.05) is 0 Å². The van der Waals surface area contributed by atoms with Gasteiger partial charge in [-0.3, -0.25) is 0 Å². The molecule has 0 spiro atoms. The summed E-state index contributed by atoms with van der Waals surface area (Å²) in [5, 5.41) is 17.6. The molecule has 16 heavy (non-hydrogen) atoms. The monoisotopic (exact) mass is 237 g/mol. The van der Waals surface area contributed by atoms with Crippen molar-refractivity contribution in [3.8, 4) is 6.07 Å². The molecule has 1 aromatic carbocycles. The van der Waals surface area contributed by atoms with Crippen LogP contribution in [0.4, 0.5) is 5.69 Å². The first-order valence-electron chi connectivity index (χ1n) is 4.25. The fourth-order valence-electron chi connectivity index (χ4n) is 1.06. The van der Waals surface area contributed by atoms with E-state index in [9.17, 15) is 4.79 Å². The Hall–Kier alpha value is -2.06. The Kier molecular flexibility index (Phi) is 3.86. The normalized spacial score (nSPS) is 10.9. The average Bonchev–Trinajstić information content (AvgIpc) is 2.29. The molecule has 0 fully saturated rings. The lowest BCUT2D eigenvalue weighted by Gasteiger charge is -2.02. The van der Waals surface area contributed by atoms with Crippen molar-refractivity contribution in [3.05, 3.63) is 29.3 Å². The van der Waals surface area contributed by atoms with Gasteiger partial charge in [-0.05, 0) is 18.2 Å². The summed E-state index contributed by atoms with van der Waals surface area (Å²) in [6, 6.07) is 5.97. The van der Waals surface area contributed by atoms with Gasteiger partial charge in [0.25, 0.3) is 0 Å². The average molecular weight is 238 g/mol. The Bertz CT molecular complexity index is 491. The van der Waals surface area contributed by atoms with Crippen molar-refractivity contribution >= 4 is 29.1 Å². The minimum atomic E-state index is -1.17. The fourth-order valence-corrected chi connectivity index (χ4v) is 1.12. The maximum Gasteiger partial charge on any atom is 0.337 e. The van der Waals surface area contributed by atoms with Gasteiger partial charge in [-0.25, -0.2) is 9.79 Å². The van der Waals surface area contributed by atoms with Crippen molar-refractivity contribution < 1.29 is 9.90 Å². The molecule has 82 valence electrons. The van der Waals surface area contributed by atoms with Crippen molar-refractivity contribution in [1.82, 2.24) is 0 Å². The minimum absolute atomic E-state index is 0.0130. The molecule has 0 aliphatic carbocycles. The van der Waals surface area contributed by atoms with Gasteiger partial charge in [0.15, 0.2) is 0 Å². The molecule has 0 aliphatic rings. The van der Waals surface area contributed by atoms with Crippen molar-refractivity contribution in [2.45, 2.75) is 0 Å². The SMILES string of the molecule is N#Cc1ccc(N=C(N)CCl)c(C(=O)O)c1. The number of nitrogens with zero attached hydrogens (tertiary/aromatic N) is 2. The molecule has 0 atom stereocenters. The molecular formula is C10H8ClN3O2. The largest absolute Gasteiger partial charge is 0.478 e. The molecule has 0 aromatic heterocycles. The first kappa shape index (κ1) is 12.0. The van der Waals surface area contributed by atoms with Crippen LogP contribution in [0.3, 0.4) is 0 Å². The Morgan fingerprint density at radius 1 is 1.62 bits per heavy atom. The molecule has 0 heterocycles. The predicted octanol–water partition coefficient (Wildman–Crippen LogP) is 1.48. The quantitative estimate of drug-likeness (QED) is 0.472. The molecule has 5 nitrogen and oxygen atoms in total. The number of hydrogen-bond donors (Lipinski definition) is 2. The third-order valence-electron chi connectivity index (χ3n) is 1.76. The van der Waals surface area contributed by atoms with Gasteiger partial charge in [0.05, 0.1) is 28.8 Å². The number of halogens is 1. The zero-order valence-electron chi connectivity index (χ0n) is 8.14. The summed E-state index contributed by atoms with van der Waals surface area (Å²) in [6.07, 6.45) is 0. The fraction of sp³-hybridized carbons (Fsp3) is 0.100. The maximum atomic E-state index is 10.9. The number of nitriles is 1. The van der Waals surface area contributed by atoms with Gasteiger partial charge in [0.1, 0.15) is 5.84 Å². The molecule has 0 bridgehead atoms. The van der Waals surface area contributed by atoms with Crippen LogP contribution in [0.2, 0.25) is 0 Å². The number of alkyl halides is 1. The highest BCUT2D eigenvalue weighted by atomic mass is 35.5. The zero-order chi connectivity index (χ0) is 12.1. The van der Waals surface area contributed by atoms with E-state index in [-0.39, 0.29) is 28.5 Å². The van der Waals surface area contributed by atoms with Gasteiger partial charge in [0, 0.05) is 0 Å². The third-order valence-corrected chi connectivity index (χ3v) is 2.03. The van der Waals surface area contributed by atoms with Gasteiger partial charge in [0.2, 0.25) is 0 Å². The van der Waals surface area contributed by atoms with E-state index >= 15 is 0 Å². The van der Waals surface area contributed by atoms with E-state index in [2.05, 4.69) is 4.99 Å². The summed E-state index contributed by atoms with van der Waals surface area (Å²) < 4.78 is 0. The molecule has 1 rings (SSSR count). The molecule has 0 saturated carbocycles. The lowest BCUT2D eigenvalue weighted by Crippen LogP contribution is -2.12. The summed E-state index contributed by atoms with van der Waals surface area (Å²) in [6.45, 7) is 0. The first-order chi connectivity index (χ1) is 7.58. The Labute approximate surface area is 96.8 Å². The van der Waals surface area contributed by atoms with E-state index in [1.165, 1.54) is 18.2 Å². The van der Waals surface area contributed by atoms with Gasteiger partial charge < -0.3 is 10.8 Å². The standard InChI is InChI=1S/C10H8ClN3O2/c11-4-9(13)14-8-2-1-6(5-12)3-7(8)10(15)16/h1-3H,4H2,(H2,13,14)(H,15,16). The summed E-state index contributed by atoms with van der Waals surface area (Å²) in [4.78, 5) is 14.8. The van der Waals surface area contributed by atoms with Crippen LogP contribution in [-0.2, 0) is 0 Å². The van der Waals surface area contributed by atoms with E-state index in [1.54, 1.807) is 0 Å². The highest BCUT2D eigenvalue weighted by molar-refractivity contribution is 6.28. The van der Waals surface area contributed by atoms with Crippen molar-refractivity contribution in [2.75, 3.05) is 5.88 Å². The lowest BCUT2D eigenvalue weighted by molar-refractivity contribution is 0.0698. The van der Waals surface area contributed by atoms with Crippen molar-refractivity contribution in [2.24, 2.45) is 10.7 Å². The number of aromatic carboxylic acids is 1. The van der Waals surface area contributed by atoms with Crippen molar-refractivity contribution in [3.63, 3.8) is 0 Å². The van der Waals surface area contributed by atoms with Gasteiger partial charge in [-0.2, -0.15) is 5.26 Å². The lowest BCUT2D eigenvalue weighted by atomic mass is 10.1. The molecule has 1 aromatic rings. The number of rotatable bonds is 3. The van der Waals surface area contributed by atoms with E-state index in [4.69, 9.17) is 27.7 Å². The molecule has 0 radical (unpaired) electrons. The molecule has 0 unspecified atom stereocenters. The second-order valence-corrected chi connectivity index (χ2v) is 3.15. The summed E-state index contributed by atoms with van der Waals surface area (Å²) in [5.41, 5.74) is 5.76. The molecular weight excluding hydrogens is 230 g/mol.